The van der Waals surface area contributed by atoms with Gasteiger partial charge in [0, 0.05) is 13.7 Å². The van der Waals surface area contributed by atoms with Crippen molar-refractivity contribution in [1.82, 2.24) is 9.97 Å². The smallest absolute Gasteiger partial charge is 0.162 e. The third kappa shape index (κ3) is 2.62. The summed E-state index contributed by atoms with van der Waals surface area (Å²) >= 11 is 9.45. The molecule has 4 nitrogen and oxygen atoms in total. The fourth-order valence-electron chi connectivity index (χ4n) is 1.89. The molecule has 0 bridgehead atoms. The fourth-order valence-corrected chi connectivity index (χ4v) is 2.37. The molecule has 0 saturated carbocycles. The van der Waals surface area contributed by atoms with E-state index in [0.29, 0.717) is 22.1 Å². The molecule has 2 rings (SSSR count). The molecule has 1 unspecified atom stereocenters. The van der Waals surface area contributed by atoms with E-state index in [2.05, 4.69) is 25.9 Å². The highest BCUT2D eigenvalue weighted by molar-refractivity contribution is 9.10. The molecule has 94 valence electrons. The molecule has 1 aliphatic heterocycles. The minimum Gasteiger partial charge on any atom is -0.378 e. The molecular weight excluding hydrogens is 307 g/mol. The van der Waals surface area contributed by atoms with Gasteiger partial charge in [-0.1, -0.05) is 11.6 Å². The van der Waals surface area contributed by atoms with Gasteiger partial charge in [-0.15, -0.1) is 0 Å². The van der Waals surface area contributed by atoms with Crippen molar-refractivity contribution in [3.8, 4) is 0 Å². The molecule has 1 fully saturated rings. The second-order valence-corrected chi connectivity index (χ2v) is 5.37. The van der Waals surface area contributed by atoms with E-state index in [9.17, 15) is 0 Å². The van der Waals surface area contributed by atoms with Gasteiger partial charge in [0.2, 0.25) is 0 Å². The maximum Gasteiger partial charge on any atom is 0.162 e. The van der Waals surface area contributed by atoms with Crippen molar-refractivity contribution in [2.75, 3.05) is 13.7 Å². The van der Waals surface area contributed by atoms with Crippen molar-refractivity contribution >= 4 is 27.5 Å². The Bertz CT molecular complexity index is 422. The molecule has 1 saturated heterocycles. The summed E-state index contributed by atoms with van der Waals surface area (Å²) < 4.78 is 11.5. The van der Waals surface area contributed by atoms with Crippen LogP contribution in [-0.4, -0.2) is 23.7 Å². The number of halogens is 2. The van der Waals surface area contributed by atoms with Gasteiger partial charge in [-0.2, -0.15) is 0 Å². The van der Waals surface area contributed by atoms with Crippen LogP contribution in [0.4, 0.5) is 0 Å². The quantitative estimate of drug-likeness (QED) is 0.803. The number of methoxy groups -OCH3 is 1. The standard InChI is InChI=1S/C11H14BrClN2O2/c1-11(4-3-5-17-11)10-14-7(6-16-2)8(12)9(13)15-10/h3-6H2,1-2H3. The van der Waals surface area contributed by atoms with E-state index >= 15 is 0 Å². The van der Waals surface area contributed by atoms with Crippen LogP contribution in [0.5, 0.6) is 0 Å². The Morgan fingerprint density at radius 2 is 2.29 bits per heavy atom. The average molecular weight is 322 g/mol. The number of hydrogen-bond acceptors (Lipinski definition) is 4. The van der Waals surface area contributed by atoms with Gasteiger partial charge in [-0.3, -0.25) is 0 Å². The Labute approximate surface area is 114 Å². The van der Waals surface area contributed by atoms with Crippen LogP contribution in [0.15, 0.2) is 4.47 Å². The summed E-state index contributed by atoms with van der Waals surface area (Å²) in [5.74, 6) is 0.634. The monoisotopic (exact) mass is 320 g/mol. The largest absolute Gasteiger partial charge is 0.378 e. The van der Waals surface area contributed by atoms with E-state index in [0.717, 1.165) is 25.1 Å². The molecule has 1 atom stereocenters. The molecule has 2 heterocycles. The van der Waals surface area contributed by atoms with Gasteiger partial charge in [-0.25, -0.2) is 9.97 Å². The summed E-state index contributed by atoms with van der Waals surface area (Å²) in [6.07, 6.45) is 1.94. The van der Waals surface area contributed by atoms with Gasteiger partial charge in [0.05, 0.1) is 16.8 Å². The Balaban J connectivity index is 2.41. The Hall–Kier alpha value is -0.230. The van der Waals surface area contributed by atoms with Crippen LogP contribution in [0.2, 0.25) is 5.15 Å². The molecule has 0 N–H and O–H groups in total. The maximum absolute atomic E-state index is 6.09. The van der Waals surface area contributed by atoms with Crippen LogP contribution in [-0.2, 0) is 21.7 Å². The number of ether oxygens (including phenoxy) is 2. The molecule has 0 radical (unpaired) electrons. The molecule has 1 aliphatic rings. The van der Waals surface area contributed by atoms with Gasteiger partial charge >= 0.3 is 0 Å². The Morgan fingerprint density at radius 3 is 2.88 bits per heavy atom. The first-order valence-electron chi connectivity index (χ1n) is 5.42. The van der Waals surface area contributed by atoms with Crippen molar-refractivity contribution in [1.29, 1.82) is 0 Å². The number of aromatic nitrogens is 2. The van der Waals surface area contributed by atoms with Crippen molar-refractivity contribution in [2.45, 2.75) is 32.0 Å². The van der Waals surface area contributed by atoms with Crippen LogP contribution in [0.1, 0.15) is 31.3 Å². The topological polar surface area (TPSA) is 44.2 Å². The Kier molecular flexibility index (Phi) is 4.02. The van der Waals surface area contributed by atoms with Crippen LogP contribution < -0.4 is 0 Å². The summed E-state index contributed by atoms with van der Waals surface area (Å²) in [5, 5.41) is 0.402. The van der Waals surface area contributed by atoms with Crippen LogP contribution >= 0.6 is 27.5 Å². The first-order chi connectivity index (χ1) is 8.07. The molecule has 0 spiro atoms. The summed E-state index contributed by atoms with van der Waals surface area (Å²) in [7, 11) is 1.62. The highest BCUT2D eigenvalue weighted by Crippen LogP contribution is 2.35. The molecule has 1 aromatic rings. The summed E-state index contributed by atoms with van der Waals surface area (Å²) in [6.45, 7) is 3.13. The molecule has 6 heteroatoms. The van der Waals surface area contributed by atoms with Gasteiger partial charge in [0.15, 0.2) is 5.82 Å². The first kappa shape index (κ1) is 13.2. The first-order valence-corrected chi connectivity index (χ1v) is 6.59. The van der Waals surface area contributed by atoms with Gasteiger partial charge in [0.1, 0.15) is 10.8 Å². The Morgan fingerprint density at radius 1 is 1.53 bits per heavy atom. The average Bonchev–Trinajstić information content (AvgIpc) is 2.73. The predicted octanol–water partition coefficient (Wildman–Crippen LogP) is 3.06. The van der Waals surface area contributed by atoms with E-state index in [1.54, 1.807) is 7.11 Å². The zero-order valence-corrected chi connectivity index (χ0v) is 12.1. The zero-order valence-electron chi connectivity index (χ0n) is 9.80. The second-order valence-electron chi connectivity index (χ2n) is 4.21. The highest BCUT2D eigenvalue weighted by atomic mass is 79.9. The molecule has 0 aromatic carbocycles. The van der Waals surface area contributed by atoms with Gasteiger partial charge in [0.25, 0.3) is 0 Å². The lowest BCUT2D eigenvalue weighted by Gasteiger charge is -2.22. The minimum atomic E-state index is -0.424. The van der Waals surface area contributed by atoms with E-state index in [1.165, 1.54) is 0 Å². The molecule has 0 amide bonds. The number of rotatable bonds is 3. The van der Waals surface area contributed by atoms with Gasteiger partial charge in [-0.05, 0) is 35.7 Å². The lowest BCUT2D eigenvalue weighted by atomic mass is 10.0. The van der Waals surface area contributed by atoms with Crippen molar-refractivity contribution in [2.24, 2.45) is 0 Å². The lowest BCUT2D eigenvalue weighted by Crippen LogP contribution is -2.24. The minimum absolute atomic E-state index is 0.395. The highest BCUT2D eigenvalue weighted by Gasteiger charge is 2.35. The van der Waals surface area contributed by atoms with E-state index in [-0.39, 0.29) is 0 Å². The summed E-state index contributed by atoms with van der Waals surface area (Å²) in [5.41, 5.74) is 0.326. The third-order valence-electron chi connectivity index (χ3n) is 2.85. The summed E-state index contributed by atoms with van der Waals surface area (Å²) in [6, 6.07) is 0. The van der Waals surface area contributed by atoms with Crippen LogP contribution in [0.3, 0.4) is 0 Å². The predicted molar refractivity (Wildman–Crippen MR) is 68.0 cm³/mol. The SMILES string of the molecule is COCc1nc(C2(C)CCCO2)nc(Cl)c1Br. The van der Waals surface area contributed by atoms with Crippen molar-refractivity contribution < 1.29 is 9.47 Å². The zero-order chi connectivity index (χ0) is 12.5. The summed E-state index contributed by atoms with van der Waals surface area (Å²) in [4.78, 5) is 8.78. The van der Waals surface area contributed by atoms with E-state index in [1.807, 2.05) is 6.92 Å². The maximum atomic E-state index is 6.09. The molecule has 17 heavy (non-hydrogen) atoms. The lowest BCUT2D eigenvalue weighted by molar-refractivity contribution is 0.00883. The molecule has 1 aromatic heterocycles. The van der Waals surface area contributed by atoms with E-state index < -0.39 is 5.60 Å². The van der Waals surface area contributed by atoms with Crippen molar-refractivity contribution in [3.05, 3.63) is 21.1 Å². The normalized spacial score (nSPS) is 24.2. The molecular formula is C11H14BrClN2O2. The second kappa shape index (κ2) is 5.18. The molecule has 0 aliphatic carbocycles. The van der Waals surface area contributed by atoms with Gasteiger partial charge < -0.3 is 9.47 Å². The number of nitrogens with zero attached hydrogens (tertiary/aromatic N) is 2. The van der Waals surface area contributed by atoms with Crippen LogP contribution in [0.25, 0.3) is 0 Å². The van der Waals surface area contributed by atoms with Crippen LogP contribution in [0, 0.1) is 0 Å². The number of hydrogen-bond donors (Lipinski definition) is 0. The van der Waals surface area contributed by atoms with E-state index in [4.69, 9.17) is 21.1 Å². The fraction of sp³-hybridized carbons (Fsp3) is 0.636. The third-order valence-corrected chi connectivity index (χ3v) is 4.19. The van der Waals surface area contributed by atoms with Crippen molar-refractivity contribution in [3.63, 3.8) is 0 Å².